The molecule has 1 amide bonds. The Labute approximate surface area is 169 Å². The number of anilines is 1. The number of amides is 1. The monoisotopic (exact) mass is 393 g/mol. The summed E-state index contributed by atoms with van der Waals surface area (Å²) in [6, 6.07) is 22.9. The number of carbonyl (C=O) groups excluding carboxylic acids is 2. The zero-order chi connectivity index (χ0) is 20.1. The highest BCUT2D eigenvalue weighted by atomic mass is 35.5. The van der Waals surface area contributed by atoms with E-state index in [9.17, 15) is 9.59 Å². The molecule has 3 rings (SSSR count). The number of carbonyl (C=O) groups is 2. The van der Waals surface area contributed by atoms with Gasteiger partial charge in [0.25, 0.3) is 5.91 Å². The second kappa shape index (κ2) is 8.28. The van der Waals surface area contributed by atoms with Crippen LogP contribution in [0.25, 0.3) is 0 Å². The molecule has 0 heterocycles. The maximum absolute atomic E-state index is 12.6. The number of hydrogen-bond donors (Lipinski definition) is 1. The summed E-state index contributed by atoms with van der Waals surface area (Å²) in [6.07, 6.45) is 0. The Morgan fingerprint density at radius 3 is 2.11 bits per heavy atom. The minimum Gasteiger partial charge on any atom is -0.426 e. The summed E-state index contributed by atoms with van der Waals surface area (Å²) in [5, 5.41) is 3.15. The summed E-state index contributed by atoms with van der Waals surface area (Å²) >= 11 is 6.04. The number of nitrogens with one attached hydrogen (secondary N) is 1. The zero-order valence-electron chi connectivity index (χ0n) is 15.6. The Morgan fingerprint density at radius 2 is 1.46 bits per heavy atom. The summed E-state index contributed by atoms with van der Waals surface area (Å²) in [5.74, 6) is -0.253. The molecular formula is C23H20ClNO3. The highest BCUT2D eigenvalue weighted by Gasteiger charge is 2.31. The maximum atomic E-state index is 12.6. The molecule has 1 N–H and O–H groups in total. The van der Waals surface area contributed by atoms with Crippen molar-refractivity contribution in [2.24, 2.45) is 0 Å². The highest BCUT2D eigenvalue weighted by molar-refractivity contribution is 6.34. The lowest BCUT2D eigenvalue weighted by molar-refractivity contribution is -0.139. The Kier molecular flexibility index (Phi) is 5.81. The van der Waals surface area contributed by atoms with Gasteiger partial charge in [-0.1, -0.05) is 54.1 Å². The molecule has 0 saturated heterocycles. The molecule has 0 fully saturated rings. The molecule has 0 unspecified atom stereocenters. The number of rotatable bonds is 5. The summed E-state index contributed by atoms with van der Waals surface area (Å²) in [5.41, 5.74) is 1.07. The van der Waals surface area contributed by atoms with Gasteiger partial charge in [0.2, 0.25) is 0 Å². The first-order valence-corrected chi connectivity index (χ1v) is 9.19. The molecular weight excluding hydrogens is 374 g/mol. The molecule has 0 aromatic heterocycles. The van der Waals surface area contributed by atoms with Crippen molar-refractivity contribution in [3.63, 3.8) is 0 Å². The van der Waals surface area contributed by atoms with E-state index < -0.39 is 5.41 Å². The van der Waals surface area contributed by atoms with Crippen LogP contribution >= 0.6 is 11.6 Å². The fraction of sp³-hybridized carbons (Fsp3) is 0.130. The van der Waals surface area contributed by atoms with Crippen molar-refractivity contribution in [3.8, 4) is 5.75 Å². The van der Waals surface area contributed by atoms with Crippen molar-refractivity contribution in [1.82, 2.24) is 0 Å². The first-order chi connectivity index (χ1) is 13.4. The molecule has 0 aliphatic rings. The van der Waals surface area contributed by atoms with Crippen LogP contribution in [0.1, 0.15) is 29.8 Å². The number of hydrogen-bond acceptors (Lipinski definition) is 3. The summed E-state index contributed by atoms with van der Waals surface area (Å²) in [7, 11) is 0. The maximum Gasteiger partial charge on any atom is 0.321 e. The van der Waals surface area contributed by atoms with Gasteiger partial charge < -0.3 is 10.1 Å². The molecule has 142 valence electrons. The molecule has 0 bridgehead atoms. The van der Waals surface area contributed by atoms with Crippen LogP contribution in [0, 0.1) is 0 Å². The second-order valence-electron chi connectivity index (χ2n) is 6.84. The van der Waals surface area contributed by atoms with Crippen LogP contribution in [-0.2, 0) is 10.2 Å². The van der Waals surface area contributed by atoms with Crippen molar-refractivity contribution >= 4 is 29.2 Å². The molecule has 0 atom stereocenters. The standard InChI is InChI=1S/C23H20ClNO3/c1-23(2,16-8-4-3-5-9-16)22(27)28-18-14-12-17(13-15-18)25-21(26)19-10-6-7-11-20(19)24/h3-15H,1-2H3,(H,25,26). The number of ether oxygens (including phenoxy) is 1. The minimum absolute atomic E-state index is 0.305. The van der Waals surface area contributed by atoms with Crippen molar-refractivity contribution < 1.29 is 14.3 Å². The predicted octanol–water partition coefficient (Wildman–Crippen LogP) is 5.48. The number of esters is 1. The molecule has 0 aliphatic carbocycles. The van der Waals surface area contributed by atoms with Crippen LogP contribution in [0.3, 0.4) is 0 Å². The Morgan fingerprint density at radius 1 is 0.857 bits per heavy atom. The molecule has 0 radical (unpaired) electrons. The van der Waals surface area contributed by atoms with Crippen LogP contribution < -0.4 is 10.1 Å². The molecule has 28 heavy (non-hydrogen) atoms. The van der Waals surface area contributed by atoms with E-state index in [-0.39, 0.29) is 11.9 Å². The van der Waals surface area contributed by atoms with E-state index in [2.05, 4.69) is 5.32 Å². The lowest BCUT2D eigenvalue weighted by Gasteiger charge is -2.23. The van der Waals surface area contributed by atoms with E-state index in [0.717, 1.165) is 5.56 Å². The largest absolute Gasteiger partial charge is 0.426 e. The summed E-state index contributed by atoms with van der Waals surface area (Å²) in [4.78, 5) is 24.9. The molecule has 0 saturated carbocycles. The van der Waals surface area contributed by atoms with Crippen molar-refractivity contribution in [3.05, 3.63) is 95.0 Å². The molecule has 5 heteroatoms. The topological polar surface area (TPSA) is 55.4 Å². The molecule has 4 nitrogen and oxygen atoms in total. The fourth-order valence-electron chi connectivity index (χ4n) is 2.66. The molecule has 3 aromatic carbocycles. The summed E-state index contributed by atoms with van der Waals surface area (Å²) in [6.45, 7) is 3.64. The fourth-order valence-corrected chi connectivity index (χ4v) is 2.88. The lowest BCUT2D eigenvalue weighted by atomic mass is 9.85. The smallest absolute Gasteiger partial charge is 0.321 e. The third-order valence-corrected chi connectivity index (χ3v) is 4.78. The van der Waals surface area contributed by atoms with Crippen molar-refractivity contribution in [2.75, 3.05) is 5.32 Å². The van der Waals surface area contributed by atoms with Gasteiger partial charge in [-0.15, -0.1) is 0 Å². The van der Waals surface area contributed by atoms with E-state index in [1.54, 1.807) is 48.5 Å². The second-order valence-corrected chi connectivity index (χ2v) is 7.25. The predicted molar refractivity (Wildman–Crippen MR) is 111 cm³/mol. The van der Waals surface area contributed by atoms with Gasteiger partial charge in [0.15, 0.2) is 0 Å². The first-order valence-electron chi connectivity index (χ1n) is 8.81. The average Bonchev–Trinajstić information content (AvgIpc) is 2.70. The lowest BCUT2D eigenvalue weighted by Crippen LogP contribution is -2.33. The molecule has 0 spiro atoms. The van der Waals surface area contributed by atoms with Gasteiger partial charge in [-0.25, -0.2) is 0 Å². The third-order valence-electron chi connectivity index (χ3n) is 4.45. The highest BCUT2D eigenvalue weighted by Crippen LogP contribution is 2.26. The van der Waals surface area contributed by atoms with Gasteiger partial charge in [-0.3, -0.25) is 9.59 Å². The summed E-state index contributed by atoms with van der Waals surface area (Å²) < 4.78 is 5.52. The van der Waals surface area contributed by atoms with E-state index in [4.69, 9.17) is 16.3 Å². The number of halogens is 1. The Hall–Kier alpha value is -3.11. The van der Waals surface area contributed by atoms with Crippen LogP contribution in [0.5, 0.6) is 5.75 Å². The van der Waals surface area contributed by atoms with Crippen LogP contribution in [0.15, 0.2) is 78.9 Å². The van der Waals surface area contributed by atoms with Crippen molar-refractivity contribution in [1.29, 1.82) is 0 Å². The van der Waals surface area contributed by atoms with Gasteiger partial charge in [-0.05, 0) is 55.8 Å². The van der Waals surface area contributed by atoms with Crippen LogP contribution in [0.4, 0.5) is 5.69 Å². The van der Waals surface area contributed by atoms with Crippen LogP contribution in [0.2, 0.25) is 5.02 Å². The Balaban J connectivity index is 1.67. The minimum atomic E-state index is -0.780. The van der Waals surface area contributed by atoms with E-state index in [1.165, 1.54) is 0 Å². The van der Waals surface area contributed by atoms with E-state index in [1.807, 2.05) is 44.2 Å². The van der Waals surface area contributed by atoms with Gasteiger partial charge in [0.1, 0.15) is 5.75 Å². The van der Waals surface area contributed by atoms with E-state index in [0.29, 0.717) is 22.0 Å². The number of benzene rings is 3. The average molecular weight is 394 g/mol. The van der Waals surface area contributed by atoms with Gasteiger partial charge in [0, 0.05) is 5.69 Å². The zero-order valence-corrected chi connectivity index (χ0v) is 16.4. The SMILES string of the molecule is CC(C)(C(=O)Oc1ccc(NC(=O)c2ccccc2Cl)cc1)c1ccccc1. The quantitative estimate of drug-likeness (QED) is 0.461. The molecule has 0 aliphatic heterocycles. The normalized spacial score (nSPS) is 11.0. The first kappa shape index (κ1) is 19.6. The van der Waals surface area contributed by atoms with Crippen molar-refractivity contribution in [2.45, 2.75) is 19.3 Å². The third kappa shape index (κ3) is 4.41. The van der Waals surface area contributed by atoms with E-state index >= 15 is 0 Å². The van der Waals surface area contributed by atoms with Crippen LogP contribution in [-0.4, -0.2) is 11.9 Å². The van der Waals surface area contributed by atoms with Gasteiger partial charge >= 0.3 is 5.97 Å². The molecule has 3 aromatic rings. The Bertz CT molecular complexity index is 982. The van der Waals surface area contributed by atoms with Gasteiger partial charge in [0.05, 0.1) is 16.0 Å². The van der Waals surface area contributed by atoms with Gasteiger partial charge in [-0.2, -0.15) is 0 Å².